The molecule has 0 aromatic heterocycles. The summed E-state index contributed by atoms with van der Waals surface area (Å²) in [6.45, 7) is 7.23. The summed E-state index contributed by atoms with van der Waals surface area (Å²) in [7, 11) is 1.53. The molecular formula is C14H22FNO2. The first-order chi connectivity index (χ1) is 8.58. The molecule has 2 atom stereocenters. The first kappa shape index (κ1) is 14.9. The second kappa shape index (κ2) is 7.34. The molecule has 0 bridgehead atoms. The van der Waals surface area contributed by atoms with Gasteiger partial charge in [0.15, 0.2) is 0 Å². The van der Waals surface area contributed by atoms with Crippen molar-refractivity contribution in [3.05, 3.63) is 29.6 Å². The second-order valence-electron chi connectivity index (χ2n) is 4.34. The fourth-order valence-electron chi connectivity index (χ4n) is 1.85. The van der Waals surface area contributed by atoms with E-state index in [0.29, 0.717) is 24.5 Å². The molecule has 0 fully saturated rings. The van der Waals surface area contributed by atoms with Gasteiger partial charge in [0.2, 0.25) is 0 Å². The molecule has 1 N–H and O–H groups in total. The lowest BCUT2D eigenvalue weighted by Gasteiger charge is -2.20. The second-order valence-corrected chi connectivity index (χ2v) is 4.34. The van der Waals surface area contributed by atoms with Gasteiger partial charge in [-0.15, -0.1) is 0 Å². The van der Waals surface area contributed by atoms with Crippen LogP contribution in [0.5, 0.6) is 5.75 Å². The molecule has 0 spiro atoms. The summed E-state index contributed by atoms with van der Waals surface area (Å²) >= 11 is 0. The van der Waals surface area contributed by atoms with Crippen molar-refractivity contribution in [3.8, 4) is 5.75 Å². The van der Waals surface area contributed by atoms with Crippen LogP contribution in [-0.2, 0) is 4.74 Å². The third-order valence-corrected chi connectivity index (χ3v) is 2.78. The van der Waals surface area contributed by atoms with Crippen molar-refractivity contribution >= 4 is 0 Å². The van der Waals surface area contributed by atoms with Crippen molar-refractivity contribution in [2.75, 3.05) is 20.3 Å². The van der Waals surface area contributed by atoms with Crippen LogP contribution in [0.15, 0.2) is 18.2 Å². The highest BCUT2D eigenvalue weighted by Crippen LogP contribution is 2.21. The Morgan fingerprint density at radius 3 is 2.61 bits per heavy atom. The Labute approximate surface area is 108 Å². The van der Waals surface area contributed by atoms with E-state index < -0.39 is 0 Å². The normalized spacial score (nSPS) is 14.3. The molecule has 1 rings (SSSR count). The monoisotopic (exact) mass is 255 g/mol. The van der Waals surface area contributed by atoms with E-state index in [0.717, 1.165) is 0 Å². The van der Waals surface area contributed by atoms with Gasteiger partial charge < -0.3 is 14.8 Å². The van der Waals surface area contributed by atoms with Gasteiger partial charge in [-0.3, -0.25) is 0 Å². The maximum absolute atomic E-state index is 13.8. The lowest BCUT2D eigenvalue weighted by Crippen LogP contribution is -2.33. The molecule has 0 saturated carbocycles. The van der Waals surface area contributed by atoms with E-state index in [9.17, 15) is 4.39 Å². The van der Waals surface area contributed by atoms with Crippen molar-refractivity contribution in [2.24, 2.45) is 0 Å². The molecule has 2 unspecified atom stereocenters. The number of ether oxygens (including phenoxy) is 2. The Balaban J connectivity index is 2.63. The topological polar surface area (TPSA) is 30.5 Å². The predicted molar refractivity (Wildman–Crippen MR) is 70.5 cm³/mol. The molecule has 0 aliphatic rings. The highest BCUT2D eigenvalue weighted by molar-refractivity contribution is 5.30. The van der Waals surface area contributed by atoms with Gasteiger partial charge >= 0.3 is 0 Å². The van der Waals surface area contributed by atoms with E-state index in [1.807, 2.05) is 20.8 Å². The van der Waals surface area contributed by atoms with Gasteiger partial charge in [-0.05, 0) is 26.8 Å². The molecule has 3 nitrogen and oxygen atoms in total. The standard InChI is InChI=1S/C14H22FNO2/c1-5-18-9-10(2)16-11(3)13-7-6-12(17-4)8-14(13)15/h6-8,10-11,16H,5,9H2,1-4H3. The number of hydrogen-bond acceptors (Lipinski definition) is 3. The molecule has 0 saturated heterocycles. The summed E-state index contributed by atoms with van der Waals surface area (Å²) < 4.78 is 24.1. The van der Waals surface area contributed by atoms with Crippen LogP contribution in [0.25, 0.3) is 0 Å². The van der Waals surface area contributed by atoms with Crippen molar-refractivity contribution < 1.29 is 13.9 Å². The zero-order chi connectivity index (χ0) is 13.5. The van der Waals surface area contributed by atoms with Crippen LogP contribution in [0.3, 0.4) is 0 Å². The maximum Gasteiger partial charge on any atom is 0.131 e. The van der Waals surface area contributed by atoms with E-state index >= 15 is 0 Å². The molecule has 1 aromatic rings. The van der Waals surface area contributed by atoms with Crippen molar-refractivity contribution in [1.29, 1.82) is 0 Å². The van der Waals surface area contributed by atoms with Crippen LogP contribution in [0, 0.1) is 5.82 Å². The van der Waals surface area contributed by atoms with E-state index in [1.54, 1.807) is 12.1 Å². The SMILES string of the molecule is CCOCC(C)NC(C)c1ccc(OC)cc1F. The summed E-state index contributed by atoms with van der Waals surface area (Å²) in [6.07, 6.45) is 0. The summed E-state index contributed by atoms with van der Waals surface area (Å²) in [5.41, 5.74) is 0.638. The Morgan fingerprint density at radius 1 is 1.33 bits per heavy atom. The molecule has 18 heavy (non-hydrogen) atoms. The van der Waals surface area contributed by atoms with Gasteiger partial charge in [-0.2, -0.15) is 0 Å². The first-order valence-electron chi connectivity index (χ1n) is 6.25. The average molecular weight is 255 g/mol. The lowest BCUT2D eigenvalue weighted by molar-refractivity contribution is 0.124. The zero-order valence-electron chi connectivity index (χ0n) is 11.5. The fourth-order valence-corrected chi connectivity index (χ4v) is 1.85. The number of halogens is 1. The minimum atomic E-state index is -0.252. The zero-order valence-corrected chi connectivity index (χ0v) is 11.5. The van der Waals surface area contributed by atoms with Gasteiger partial charge in [0.25, 0.3) is 0 Å². The van der Waals surface area contributed by atoms with Crippen LogP contribution < -0.4 is 10.1 Å². The Bertz CT molecular complexity index is 371. The summed E-state index contributed by atoms with van der Waals surface area (Å²) in [4.78, 5) is 0. The molecule has 4 heteroatoms. The number of rotatable bonds is 7. The minimum Gasteiger partial charge on any atom is -0.497 e. The number of nitrogens with one attached hydrogen (secondary N) is 1. The molecule has 0 aliphatic heterocycles. The molecular weight excluding hydrogens is 233 g/mol. The molecule has 0 aliphatic carbocycles. The van der Waals surface area contributed by atoms with Crippen LogP contribution in [0.1, 0.15) is 32.4 Å². The van der Waals surface area contributed by atoms with Crippen molar-refractivity contribution in [2.45, 2.75) is 32.9 Å². The number of hydrogen-bond donors (Lipinski definition) is 1. The van der Waals surface area contributed by atoms with Gasteiger partial charge in [-0.1, -0.05) is 6.07 Å². The predicted octanol–water partition coefficient (Wildman–Crippen LogP) is 2.91. The first-order valence-corrected chi connectivity index (χ1v) is 6.25. The molecule has 0 amide bonds. The fraction of sp³-hybridized carbons (Fsp3) is 0.571. The largest absolute Gasteiger partial charge is 0.497 e. The summed E-state index contributed by atoms with van der Waals surface area (Å²) in [5.74, 6) is 0.281. The highest BCUT2D eigenvalue weighted by Gasteiger charge is 2.14. The van der Waals surface area contributed by atoms with Gasteiger partial charge in [0.05, 0.1) is 13.7 Å². The Hall–Kier alpha value is -1.13. The van der Waals surface area contributed by atoms with Gasteiger partial charge in [0.1, 0.15) is 11.6 Å². The summed E-state index contributed by atoms with van der Waals surface area (Å²) in [6, 6.07) is 5.04. The molecule has 102 valence electrons. The average Bonchev–Trinajstić information content (AvgIpc) is 2.35. The molecule has 0 radical (unpaired) electrons. The Morgan fingerprint density at radius 2 is 2.06 bits per heavy atom. The van der Waals surface area contributed by atoms with E-state index in [2.05, 4.69) is 5.32 Å². The summed E-state index contributed by atoms with van der Waals surface area (Å²) in [5, 5.41) is 3.30. The van der Waals surface area contributed by atoms with Gasteiger partial charge in [0, 0.05) is 30.3 Å². The van der Waals surface area contributed by atoms with Crippen LogP contribution >= 0.6 is 0 Å². The van der Waals surface area contributed by atoms with Gasteiger partial charge in [-0.25, -0.2) is 4.39 Å². The quantitative estimate of drug-likeness (QED) is 0.812. The maximum atomic E-state index is 13.8. The number of methoxy groups -OCH3 is 1. The van der Waals surface area contributed by atoms with Crippen LogP contribution in [0.2, 0.25) is 0 Å². The smallest absolute Gasteiger partial charge is 0.131 e. The third kappa shape index (κ3) is 4.27. The third-order valence-electron chi connectivity index (χ3n) is 2.78. The van der Waals surface area contributed by atoms with Crippen LogP contribution in [-0.4, -0.2) is 26.4 Å². The Kier molecular flexibility index (Phi) is 6.09. The molecule has 0 heterocycles. The lowest BCUT2D eigenvalue weighted by atomic mass is 10.1. The van der Waals surface area contributed by atoms with Crippen molar-refractivity contribution in [1.82, 2.24) is 5.32 Å². The van der Waals surface area contributed by atoms with E-state index in [4.69, 9.17) is 9.47 Å². The van der Waals surface area contributed by atoms with E-state index in [-0.39, 0.29) is 17.9 Å². The highest BCUT2D eigenvalue weighted by atomic mass is 19.1. The van der Waals surface area contributed by atoms with E-state index in [1.165, 1.54) is 13.2 Å². The molecule has 1 aromatic carbocycles. The van der Waals surface area contributed by atoms with Crippen molar-refractivity contribution in [3.63, 3.8) is 0 Å². The van der Waals surface area contributed by atoms with Crippen LogP contribution in [0.4, 0.5) is 4.39 Å². The number of benzene rings is 1. The minimum absolute atomic E-state index is 0.0636.